The van der Waals surface area contributed by atoms with E-state index in [0.717, 1.165) is 12.8 Å². The van der Waals surface area contributed by atoms with E-state index in [-0.39, 0.29) is 0 Å². The predicted octanol–water partition coefficient (Wildman–Crippen LogP) is 4.37. The highest BCUT2D eigenvalue weighted by molar-refractivity contribution is 5.77. The summed E-state index contributed by atoms with van der Waals surface area (Å²) in [5.74, 6) is 0. The summed E-state index contributed by atoms with van der Waals surface area (Å²) in [5.41, 5.74) is 6.82. The molecule has 0 amide bonds. The fourth-order valence-electron chi connectivity index (χ4n) is 4.54. The van der Waals surface area contributed by atoms with Crippen LogP contribution in [0.2, 0.25) is 0 Å². The molecule has 0 radical (unpaired) electrons. The van der Waals surface area contributed by atoms with Gasteiger partial charge in [-0.15, -0.1) is 0 Å². The summed E-state index contributed by atoms with van der Waals surface area (Å²) in [4.78, 5) is 0. The summed E-state index contributed by atoms with van der Waals surface area (Å²) < 4.78 is 0. The molecule has 19 heavy (non-hydrogen) atoms. The molecule has 0 aromatic heterocycles. The van der Waals surface area contributed by atoms with Crippen LogP contribution in [0, 0.1) is 16.7 Å². The lowest BCUT2D eigenvalue weighted by atomic mass is 9.66. The summed E-state index contributed by atoms with van der Waals surface area (Å²) in [7, 11) is 0. The molecule has 1 aromatic carbocycles. The van der Waals surface area contributed by atoms with Crippen molar-refractivity contribution in [2.45, 2.75) is 50.9 Å². The normalized spacial score (nSPS) is 26.2. The molecule has 2 fully saturated rings. The van der Waals surface area contributed by atoms with Gasteiger partial charge in [0.2, 0.25) is 0 Å². The number of aryl methyl sites for hydroxylation is 1. The number of benzene rings is 1. The molecule has 4 rings (SSSR count). The van der Waals surface area contributed by atoms with Gasteiger partial charge < -0.3 is 0 Å². The first kappa shape index (κ1) is 11.3. The largest absolute Gasteiger partial charge is 0.193 e. The summed E-state index contributed by atoms with van der Waals surface area (Å²) in [6.45, 7) is 2.26. The molecule has 0 bridgehead atoms. The van der Waals surface area contributed by atoms with Crippen molar-refractivity contribution >= 4 is 5.57 Å². The van der Waals surface area contributed by atoms with Crippen molar-refractivity contribution in [3.63, 3.8) is 0 Å². The van der Waals surface area contributed by atoms with E-state index in [1.165, 1.54) is 42.4 Å². The van der Waals surface area contributed by atoms with Crippen LogP contribution in [0.25, 0.3) is 5.57 Å². The van der Waals surface area contributed by atoms with E-state index in [0.29, 0.717) is 10.8 Å². The molecule has 0 aliphatic heterocycles. The fraction of sp³-hybridized carbons (Fsp3) is 0.500. The number of fused-ring (bicyclic) bond motifs is 3. The quantitative estimate of drug-likeness (QED) is 0.678. The van der Waals surface area contributed by atoms with E-state index in [2.05, 4.69) is 31.2 Å². The molecule has 0 saturated heterocycles. The van der Waals surface area contributed by atoms with Crippen LogP contribution in [0.15, 0.2) is 24.3 Å². The lowest BCUT2D eigenvalue weighted by Gasteiger charge is -2.37. The third-order valence-corrected chi connectivity index (χ3v) is 5.74. The minimum Gasteiger partial charge on any atom is -0.193 e. The van der Waals surface area contributed by atoms with Crippen molar-refractivity contribution in [2.75, 3.05) is 0 Å². The Bertz CT molecular complexity index is 622. The van der Waals surface area contributed by atoms with Gasteiger partial charge in [0.1, 0.15) is 0 Å². The molecule has 1 heteroatoms. The molecule has 0 heterocycles. The van der Waals surface area contributed by atoms with Crippen LogP contribution in [-0.4, -0.2) is 0 Å². The lowest BCUT2D eigenvalue weighted by Crippen LogP contribution is -2.29. The van der Waals surface area contributed by atoms with Gasteiger partial charge in [0, 0.05) is 11.5 Å². The van der Waals surface area contributed by atoms with Gasteiger partial charge in [-0.3, -0.25) is 0 Å². The highest BCUT2D eigenvalue weighted by atomic mass is 14.7. The maximum absolute atomic E-state index is 9.08. The van der Waals surface area contributed by atoms with Crippen molar-refractivity contribution in [3.05, 3.63) is 41.0 Å². The van der Waals surface area contributed by atoms with Crippen molar-refractivity contribution < 1.29 is 0 Å². The minimum absolute atomic E-state index is 0.488. The van der Waals surface area contributed by atoms with E-state index in [9.17, 15) is 0 Å². The maximum Gasteiger partial charge on any atom is 0.0915 e. The molecule has 2 saturated carbocycles. The summed E-state index contributed by atoms with van der Waals surface area (Å²) in [5, 5.41) is 9.08. The third-order valence-electron chi connectivity index (χ3n) is 5.74. The molecular formula is C18H19N. The van der Waals surface area contributed by atoms with E-state index >= 15 is 0 Å². The first-order valence-electron chi connectivity index (χ1n) is 7.48. The van der Waals surface area contributed by atoms with Gasteiger partial charge in [0.15, 0.2) is 0 Å². The van der Waals surface area contributed by atoms with Crippen molar-refractivity contribution in [3.8, 4) is 6.07 Å². The van der Waals surface area contributed by atoms with Gasteiger partial charge in [0.05, 0.1) is 6.07 Å². The second-order valence-corrected chi connectivity index (χ2v) is 6.53. The molecule has 3 aliphatic rings. The van der Waals surface area contributed by atoms with Crippen LogP contribution in [0.3, 0.4) is 0 Å². The summed E-state index contributed by atoms with van der Waals surface area (Å²) in [6.07, 6.45) is 9.53. The average Bonchev–Trinajstić information content (AvgIpc) is 3.31. The average molecular weight is 249 g/mol. The Labute approximate surface area is 114 Å². The van der Waals surface area contributed by atoms with Gasteiger partial charge in [-0.1, -0.05) is 25.1 Å². The van der Waals surface area contributed by atoms with Crippen molar-refractivity contribution in [1.29, 1.82) is 5.26 Å². The molecule has 3 aliphatic carbocycles. The van der Waals surface area contributed by atoms with Gasteiger partial charge in [-0.2, -0.15) is 5.26 Å². The van der Waals surface area contributed by atoms with Gasteiger partial charge in [-0.05, 0) is 66.2 Å². The fourth-order valence-corrected chi connectivity index (χ4v) is 4.54. The predicted molar refractivity (Wildman–Crippen MR) is 76.6 cm³/mol. The molecular weight excluding hydrogens is 230 g/mol. The zero-order valence-corrected chi connectivity index (χ0v) is 11.5. The number of hydrogen-bond acceptors (Lipinski definition) is 1. The number of nitrogens with zero attached hydrogens (tertiary/aromatic N) is 1. The van der Waals surface area contributed by atoms with Gasteiger partial charge in [-0.25, -0.2) is 0 Å². The van der Waals surface area contributed by atoms with E-state index in [1.807, 2.05) is 0 Å². The van der Waals surface area contributed by atoms with Crippen molar-refractivity contribution in [1.82, 2.24) is 0 Å². The Balaban J connectivity index is 2.00. The van der Waals surface area contributed by atoms with Crippen LogP contribution in [0.4, 0.5) is 0 Å². The van der Waals surface area contributed by atoms with E-state index in [1.54, 1.807) is 11.6 Å². The monoisotopic (exact) mass is 249 g/mol. The standard InChI is InChI=1S/C18H19N/c1-2-13-4-3-5-15-14(6-11-19)12-17(7-8-17)18(9-10-18)16(13)15/h3-6H,2,7-10,12H2,1H3/b14-6+. The lowest BCUT2D eigenvalue weighted by molar-refractivity contribution is 0.373. The van der Waals surface area contributed by atoms with E-state index < -0.39 is 0 Å². The van der Waals surface area contributed by atoms with Crippen LogP contribution in [-0.2, 0) is 11.8 Å². The maximum atomic E-state index is 9.08. The van der Waals surface area contributed by atoms with Crippen molar-refractivity contribution in [2.24, 2.45) is 5.41 Å². The molecule has 2 spiro atoms. The number of nitriles is 1. The SMILES string of the molecule is CCc1cccc2c1C1(CC1)C1(CC1)C/C2=C\C#N. The van der Waals surface area contributed by atoms with Crippen LogP contribution >= 0.6 is 0 Å². The Morgan fingerprint density at radius 1 is 1.26 bits per heavy atom. The Kier molecular flexibility index (Phi) is 2.09. The highest BCUT2D eigenvalue weighted by Gasteiger charge is 2.68. The van der Waals surface area contributed by atoms with Crippen LogP contribution in [0.1, 0.15) is 55.7 Å². The number of allylic oxidation sites excluding steroid dienone is 2. The van der Waals surface area contributed by atoms with Gasteiger partial charge >= 0.3 is 0 Å². The van der Waals surface area contributed by atoms with Gasteiger partial charge in [0.25, 0.3) is 0 Å². The zero-order valence-electron chi connectivity index (χ0n) is 11.5. The molecule has 0 unspecified atom stereocenters. The number of rotatable bonds is 1. The summed E-state index contributed by atoms with van der Waals surface area (Å²) in [6, 6.07) is 8.98. The minimum atomic E-state index is 0.488. The first-order chi connectivity index (χ1) is 9.26. The Morgan fingerprint density at radius 2 is 2.05 bits per heavy atom. The third kappa shape index (κ3) is 1.30. The van der Waals surface area contributed by atoms with E-state index in [4.69, 9.17) is 5.26 Å². The molecule has 1 aromatic rings. The Morgan fingerprint density at radius 3 is 2.63 bits per heavy atom. The van der Waals surface area contributed by atoms with Crippen LogP contribution < -0.4 is 0 Å². The Hall–Kier alpha value is -1.55. The number of hydrogen-bond donors (Lipinski definition) is 0. The molecule has 96 valence electrons. The molecule has 1 nitrogen and oxygen atoms in total. The molecule has 0 atom stereocenters. The second-order valence-electron chi connectivity index (χ2n) is 6.53. The smallest absolute Gasteiger partial charge is 0.0915 e. The summed E-state index contributed by atoms with van der Waals surface area (Å²) >= 11 is 0. The topological polar surface area (TPSA) is 23.8 Å². The first-order valence-corrected chi connectivity index (χ1v) is 7.48. The highest BCUT2D eigenvalue weighted by Crippen LogP contribution is 2.76. The zero-order chi connectivity index (χ0) is 13.1. The van der Waals surface area contributed by atoms with Crippen LogP contribution in [0.5, 0.6) is 0 Å². The molecule has 0 N–H and O–H groups in total. The second kappa shape index (κ2) is 3.51.